The van der Waals surface area contributed by atoms with Crippen LogP contribution in [0.15, 0.2) is 12.1 Å². The quantitative estimate of drug-likeness (QED) is 0.877. The first-order chi connectivity index (χ1) is 5.88. The van der Waals surface area contributed by atoms with Gasteiger partial charge in [0.05, 0.1) is 16.6 Å². The van der Waals surface area contributed by atoms with E-state index in [0.717, 1.165) is 11.1 Å². The highest BCUT2D eigenvalue weighted by Gasteiger charge is 2.12. The lowest BCUT2D eigenvalue weighted by Crippen LogP contribution is -2.24. The predicted octanol–water partition coefficient (Wildman–Crippen LogP) is 2.01. The van der Waals surface area contributed by atoms with Gasteiger partial charge >= 0.3 is 0 Å². The second kappa shape index (κ2) is 3.96. The number of rotatable bonds is 3. The number of thiophene rings is 1. The molecule has 3 nitrogen and oxygen atoms in total. The molecule has 0 bridgehead atoms. The van der Waals surface area contributed by atoms with Crippen molar-refractivity contribution in [3.63, 3.8) is 0 Å². The first-order valence-corrected chi connectivity index (χ1v) is 6.69. The maximum atomic E-state index is 10.9. The van der Waals surface area contributed by atoms with Crippen LogP contribution in [0.25, 0.3) is 0 Å². The highest BCUT2D eigenvalue weighted by Crippen LogP contribution is 2.26. The molecule has 0 aliphatic heterocycles. The van der Waals surface area contributed by atoms with Gasteiger partial charge in [-0.1, -0.05) is 11.6 Å². The number of sulfonamides is 1. The zero-order valence-electron chi connectivity index (χ0n) is 7.24. The Balaban J connectivity index is 2.75. The molecule has 1 aromatic heterocycles. The molecule has 0 aliphatic carbocycles. The Kier molecular flexibility index (Phi) is 3.34. The van der Waals surface area contributed by atoms with Crippen LogP contribution in [0.2, 0.25) is 4.34 Å². The van der Waals surface area contributed by atoms with E-state index in [9.17, 15) is 8.42 Å². The average Bonchev–Trinajstić information content (AvgIpc) is 2.31. The van der Waals surface area contributed by atoms with Gasteiger partial charge in [-0.25, -0.2) is 13.1 Å². The van der Waals surface area contributed by atoms with E-state index in [-0.39, 0.29) is 6.04 Å². The Morgan fingerprint density at radius 3 is 2.54 bits per heavy atom. The molecule has 1 rings (SSSR count). The summed E-state index contributed by atoms with van der Waals surface area (Å²) in [6, 6.07) is 3.35. The minimum Gasteiger partial charge on any atom is -0.213 e. The van der Waals surface area contributed by atoms with E-state index in [1.807, 2.05) is 6.07 Å². The summed E-state index contributed by atoms with van der Waals surface area (Å²) in [4.78, 5) is 0.912. The molecule has 0 saturated heterocycles. The summed E-state index contributed by atoms with van der Waals surface area (Å²) in [5.41, 5.74) is 0. The van der Waals surface area contributed by atoms with Crippen molar-refractivity contribution in [2.24, 2.45) is 0 Å². The molecule has 1 atom stereocenters. The summed E-state index contributed by atoms with van der Waals surface area (Å²) >= 11 is 7.09. The summed E-state index contributed by atoms with van der Waals surface area (Å²) in [6.45, 7) is 1.78. The van der Waals surface area contributed by atoms with Gasteiger partial charge in [-0.3, -0.25) is 0 Å². The molecule has 1 heterocycles. The molecular formula is C7H10ClNO2S2. The van der Waals surface area contributed by atoms with Gasteiger partial charge in [0, 0.05) is 4.88 Å². The first kappa shape index (κ1) is 11.0. The maximum Gasteiger partial charge on any atom is 0.209 e. The van der Waals surface area contributed by atoms with Crippen LogP contribution in [-0.4, -0.2) is 14.7 Å². The van der Waals surface area contributed by atoms with Crippen molar-refractivity contribution in [3.05, 3.63) is 21.3 Å². The summed E-state index contributed by atoms with van der Waals surface area (Å²) in [7, 11) is -3.15. The van der Waals surface area contributed by atoms with Crippen LogP contribution in [0.1, 0.15) is 17.8 Å². The van der Waals surface area contributed by atoms with Gasteiger partial charge in [-0.15, -0.1) is 11.3 Å². The summed E-state index contributed by atoms with van der Waals surface area (Å²) in [5.74, 6) is 0. The largest absolute Gasteiger partial charge is 0.213 e. The summed E-state index contributed by atoms with van der Waals surface area (Å²) < 4.78 is 24.9. The first-order valence-electron chi connectivity index (χ1n) is 3.61. The predicted molar refractivity (Wildman–Crippen MR) is 55.7 cm³/mol. The van der Waals surface area contributed by atoms with E-state index in [2.05, 4.69) is 4.72 Å². The van der Waals surface area contributed by atoms with Crippen LogP contribution < -0.4 is 4.72 Å². The Bertz CT molecular complexity index is 385. The lowest BCUT2D eigenvalue weighted by atomic mass is 10.3. The Hall–Kier alpha value is -0.100. The monoisotopic (exact) mass is 239 g/mol. The molecular weight excluding hydrogens is 230 g/mol. The molecule has 6 heteroatoms. The second-order valence-corrected chi connectivity index (χ2v) is 6.28. The lowest BCUT2D eigenvalue weighted by Gasteiger charge is -2.08. The SMILES string of the molecule is CC(NS(C)(=O)=O)c1ccc(Cl)s1. The van der Waals surface area contributed by atoms with Gasteiger partial charge < -0.3 is 0 Å². The third kappa shape index (κ3) is 3.64. The standard InChI is InChI=1S/C7H10ClNO2S2/c1-5(9-13(2,10)11)6-3-4-7(8)12-6/h3-5,9H,1-2H3. The van der Waals surface area contributed by atoms with E-state index in [4.69, 9.17) is 11.6 Å². The van der Waals surface area contributed by atoms with E-state index in [1.165, 1.54) is 11.3 Å². The molecule has 74 valence electrons. The molecule has 13 heavy (non-hydrogen) atoms. The van der Waals surface area contributed by atoms with E-state index in [0.29, 0.717) is 4.34 Å². The van der Waals surface area contributed by atoms with Crippen molar-refractivity contribution in [3.8, 4) is 0 Å². The van der Waals surface area contributed by atoms with Gasteiger partial charge in [0.25, 0.3) is 0 Å². The molecule has 1 aromatic rings. The van der Waals surface area contributed by atoms with Gasteiger partial charge in [0.2, 0.25) is 10.0 Å². The number of nitrogens with one attached hydrogen (secondary N) is 1. The molecule has 0 saturated carbocycles. The fourth-order valence-corrected chi connectivity index (χ4v) is 2.85. The van der Waals surface area contributed by atoms with Crippen molar-refractivity contribution in [1.82, 2.24) is 4.72 Å². The molecule has 1 unspecified atom stereocenters. The molecule has 1 N–H and O–H groups in total. The molecule has 0 aliphatic rings. The van der Waals surface area contributed by atoms with E-state index in [1.54, 1.807) is 13.0 Å². The van der Waals surface area contributed by atoms with Crippen LogP contribution in [0.3, 0.4) is 0 Å². The number of hydrogen-bond donors (Lipinski definition) is 1. The van der Waals surface area contributed by atoms with Gasteiger partial charge in [0.1, 0.15) is 0 Å². The minimum atomic E-state index is -3.15. The smallest absolute Gasteiger partial charge is 0.209 e. The molecule has 0 radical (unpaired) electrons. The lowest BCUT2D eigenvalue weighted by molar-refractivity contribution is 0.575. The van der Waals surface area contributed by atoms with Crippen molar-refractivity contribution >= 4 is 33.0 Å². The van der Waals surface area contributed by atoms with E-state index < -0.39 is 10.0 Å². The Labute approximate surface area is 86.8 Å². The van der Waals surface area contributed by atoms with Crippen LogP contribution in [0, 0.1) is 0 Å². The van der Waals surface area contributed by atoms with Crippen molar-refractivity contribution < 1.29 is 8.42 Å². The van der Waals surface area contributed by atoms with Crippen LogP contribution in [0.5, 0.6) is 0 Å². The fourth-order valence-electron chi connectivity index (χ4n) is 0.940. The molecule has 0 aromatic carbocycles. The second-order valence-electron chi connectivity index (χ2n) is 2.75. The summed E-state index contributed by atoms with van der Waals surface area (Å²) in [6.07, 6.45) is 1.14. The zero-order chi connectivity index (χ0) is 10.1. The minimum absolute atomic E-state index is 0.215. The van der Waals surface area contributed by atoms with Crippen molar-refractivity contribution in [2.75, 3.05) is 6.26 Å². The zero-order valence-corrected chi connectivity index (χ0v) is 9.63. The third-order valence-electron chi connectivity index (χ3n) is 1.41. The van der Waals surface area contributed by atoms with Crippen LogP contribution in [0.4, 0.5) is 0 Å². The average molecular weight is 240 g/mol. The topological polar surface area (TPSA) is 46.2 Å². The third-order valence-corrected chi connectivity index (χ3v) is 3.61. The van der Waals surface area contributed by atoms with Gasteiger partial charge in [0.15, 0.2) is 0 Å². The number of halogens is 1. The molecule has 0 fully saturated rings. The van der Waals surface area contributed by atoms with Crippen molar-refractivity contribution in [1.29, 1.82) is 0 Å². The molecule has 0 amide bonds. The van der Waals surface area contributed by atoms with Crippen LogP contribution >= 0.6 is 22.9 Å². The Morgan fingerprint density at radius 2 is 2.15 bits per heavy atom. The van der Waals surface area contributed by atoms with Gasteiger partial charge in [-0.05, 0) is 19.1 Å². The van der Waals surface area contributed by atoms with Gasteiger partial charge in [-0.2, -0.15) is 0 Å². The molecule has 0 spiro atoms. The van der Waals surface area contributed by atoms with E-state index >= 15 is 0 Å². The summed E-state index contributed by atoms with van der Waals surface area (Å²) in [5, 5.41) is 0. The fraction of sp³-hybridized carbons (Fsp3) is 0.429. The van der Waals surface area contributed by atoms with Crippen LogP contribution in [-0.2, 0) is 10.0 Å². The highest BCUT2D eigenvalue weighted by molar-refractivity contribution is 7.88. The van der Waals surface area contributed by atoms with Crippen molar-refractivity contribution in [2.45, 2.75) is 13.0 Å². The number of hydrogen-bond acceptors (Lipinski definition) is 3. The highest BCUT2D eigenvalue weighted by atomic mass is 35.5. The Morgan fingerprint density at radius 1 is 1.54 bits per heavy atom. The normalized spacial score (nSPS) is 14.4. The maximum absolute atomic E-state index is 10.9.